The molecule has 1 aromatic heterocycles. The zero-order valence-corrected chi connectivity index (χ0v) is 16.3. The minimum absolute atomic E-state index is 0.0994. The average Bonchev–Trinajstić information content (AvgIpc) is 2.77. The summed E-state index contributed by atoms with van der Waals surface area (Å²) in [6.07, 6.45) is 5.43. The third kappa shape index (κ3) is 4.23. The maximum atomic E-state index is 12.5. The number of thiophene rings is 1. The molecule has 0 radical (unpaired) electrons. The van der Waals surface area contributed by atoms with Gasteiger partial charge in [-0.3, -0.25) is 0 Å². The standard InChI is InChI=1S/C13H21BrN2O2S3/c1-3-15-8-10-7-11(12(14)20-10)21(17,18)16-9-13(19-2)5-4-6-13/h7,15-16H,3-6,8-9H2,1-2H3. The number of sulfonamides is 1. The van der Waals surface area contributed by atoms with E-state index in [0.717, 1.165) is 24.3 Å². The Morgan fingerprint density at radius 2 is 2.19 bits per heavy atom. The van der Waals surface area contributed by atoms with E-state index in [9.17, 15) is 8.42 Å². The molecular weight excluding hydrogens is 392 g/mol. The van der Waals surface area contributed by atoms with E-state index >= 15 is 0 Å². The molecule has 0 bridgehead atoms. The van der Waals surface area contributed by atoms with E-state index in [1.807, 2.05) is 6.92 Å². The van der Waals surface area contributed by atoms with Crippen molar-refractivity contribution in [3.8, 4) is 0 Å². The second kappa shape index (κ2) is 7.31. The van der Waals surface area contributed by atoms with Crippen LogP contribution < -0.4 is 10.0 Å². The van der Waals surface area contributed by atoms with Gasteiger partial charge < -0.3 is 5.32 Å². The first-order valence-electron chi connectivity index (χ1n) is 6.96. The molecule has 0 aliphatic heterocycles. The molecule has 21 heavy (non-hydrogen) atoms. The zero-order valence-electron chi connectivity index (χ0n) is 12.2. The fraction of sp³-hybridized carbons (Fsp3) is 0.692. The van der Waals surface area contributed by atoms with Crippen molar-refractivity contribution in [2.45, 2.75) is 42.4 Å². The predicted octanol–water partition coefficient (Wildman–Crippen LogP) is 3.18. The molecular formula is C13H21BrN2O2S3. The second-order valence-electron chi connectivity index (χ2n) is 5.20. The van der Waals surface area contributed by atoms with Gasteiger partial charge in [0.05, 0.1) is 3.79 Å². The van der Waals surface area contributed by atoms with Gasteiger partial charge in [-0.2, -0.15) is 11.8 Å². The Labute approximate surface area is 143 Å². The number of nitrogens with one attached hydrogen (secondary N) is 2. The maximum absolute atomic E-state index is 12.5. The molecule has 1 heterocycles. The number of thioether (sulfide) groups is 1. The van der Waals surface area contributed by atoms with Crippen LogP contribution in [-0.2, 0) is 16.6 Å². The Morgan fingerprint density at radius 3 is 2.71 bits per heavy atom. The van der Waals surface area contributed by atoms with Gasteiger partial charge in [0, 0.05) is 22.7 Å². The second-order valence-corrected chi connectivity index (χ2v) is 10.7. The summed E-state index contributed by atoms with van der Waals surface area (Å²) in [6.45, 7) is 4.11. The van der Waals surface area contributed by atoms with Crippen molar-refractivity contribution in [3.05, 3.63) is 14.7 Å². The maximum Gasteiger partial charge on any atom is 0.242 e. The van der Waals surface area contributed by atoms with Crippen molar-refractivity contribution < 1.29 is 8.42 Å². The number of hydrogen-bond acceptors (Lipinski definition) is 5. The van der Waals surface area contributed by atoms with Crippen LogP contribution in [0.1, 0.15) is 31.1 Å². The van der Waals surface area contributed by atoms with Crippen molar-refractivity contribution in [3.63, 3.8) is 0 Å². The monoisotopic (exact) mass is 412 g/mol. The first-order chi connectivity index (χ1) is 9.92. The summed E-state index contributed by atoms with van der Waals surface area (Å²) in [4.78, 5) is 1.38. The van der Waals surface area contributed by atoms with Gasteiger partial charge in [0.15, 0.2) is 0 Å². The van der Waals surface area contributed by atoms with Crippen LogP contribution in [0.2, 0.25) is 0 Å². The van der Waals surface area contributed by atoms with E-state index in [-0.39, 0.29) is 4.75 Å². The van der Waals surface area contributed by atoms with Crippen LogP contribution in [0.3, 0.4) is 0 Å². The van der Waals surface area contributed by atoms with Crippen molar-refractivity contribution in [2.75, 3.05) is 19.3 Å². The lowest BCUT2D eigenvalue weighted by molar-refractivity contribution is 0.362. The number of rotatable bonds is 8. The predicted molar refractivity (Wildman–Crippen MR) is 94.7 cm³/mol. The summed E-state index contributed by atoms with van der Waals surface area (Å²) in [6, 6.07) is 1.76. The topological polar surface area (TPSA) is 58.2 Å². The van der Waals surface area contributed by atoms with E-state index in [0.29, 0.717) is 21.8 Å². The molecule has 0 atom stereocenters. The minimum atomic E-state index is -3.44. The third-order valence-corrected chi connectivity index (χ3v) is 8.90. The fourth-order valence-corrected chi connectivity index (χ4v) is 7.03. The van der Waals surface area contributed by atoms with Gasteiger partial charge in [-0.25, -0.2) is 13.1 Å². The van der Waals surface area contributed by atoms with Crippen LogP contribution in [0.5, 0.6) is 0 Å². The molecule has 120 valence electrons. The lowest BCUT2D eigenvalue weighted by atomic mass is 9.84. The van der Waals surface area contributed by atoms with Crippen molar-refractivity contribution >= 4 is 49.1 Å². The third-order valence-electron chi connectivity index (χ3n) is 3.83. The van der Waals surface area contributed by atoms with Crippen LogP contribution in [0, 0.1) is 0 Å². The molecule has 1 saturated carbocycles. The summed E-state index contributed by atoms with van der Waals surface area (Å²) < 4.78 is 28.5. The first kappa shape index (κ1) is 17.7. The Kier molecular flexibility index (Phi) is 6.18. The SMILES string of the molecule is CCNCc1cc(S(=O)(=O)NCC2(SC)CCC2)c(Br)s1. The van der Waals surface area contributed by atoms with Crippen LogP contribution in [-0.4, -0.2) is 32.5 Å². The summed E-state index contributed by atoms with van der Waals surface area (Å²) in [5, 5.41) is 3.21. The van der Waals surface area contributed by atoms with Crippen LogP contribution in [0.25, 0.3) is 0 Å². The molecule has 4 nitrogen and oxygen atoms in total. The highest BCUT2D eigenvalue weighted by molar-refractivity contribution is 9.11. The van der Waals surface area contributed by atoms with Gasteiger partial charge in [-0.15, -0.1) is 11.3 Å². The van der Waals surface area contributed by atoms with Gasteiger partial charge in [0.2, 0.25) is 10.0 Å². The lowest BCUT2D eigenvalue weighted by Gasteiger charge is -2.40. The van der Waals surface area contributed by atoms with Crippen LogP contribution in [0.4, 0.5) is 0 Å². The van der Waals surface area contributed by atoms with Gasteiger partial charge >= 0.3 is 0 Å². The molecule has 0 aromatic carbocycles. The smallest absolute Gasteiger partial charge is 0.242 e. The molecule has 1 aliphatic rings. The molecule has 0 amide bonds. The molecule has 1 aliphatic carbocycles. The summed E-state index contributed by atoms with van der Waals surface area (Å²) >= 11 is 6.62. The molecule has 2 rings (SSSR count). The summed E-state index contributed by atoms with van der Waals surface area (Å²) in [5.41, 5.74) is 0. The van der Waals surface area contributed by atoms with Crippen molar-refractivity contribution in [2.24, 2.45) is 0 Å². The highest BCUT2D eigenvalue weighted by Crippen LogP contribution is 2.42. The molecule has 0 unspecified atom stereocenters. The quantitative estimate of drug-likeness (QED) is 0.687. The normalized spacial score (nSPS) is 17.7. The largest absolute Gasteiger partial charge is 0.312 e. The van der Waals surface area contributed by atoms with E-state index in [2.05, 4.69) is 32.2 Å². The van der Waals surface area contributed by atoms with Crippen LogP contribution in [0.15, 0.2) is 14.7 Å². The van der Waals surface area contributed by atoms with Gasteiger partial charge in [-0.05, 0) is 47.6 Å². The van der Waals surface area contributed by atoms with Gasteiger partial charge in [-0.1, -0.05) is 13.3 Å². The number of halogens is 1. The van der Waals surface area contributed by atoms with E-state index < -0.39 is 10.0 Å². The minimum Gasteiger partial charge on any atom is -0.312 e. The fourth-order valence-electron chi connectivity index (χ4n) is 2.24. The summed E-state index contributed by atoms with van der Waals surface area (Å²) in [7, 11) is -3.44. The van der Waals surface area contributed by atoms with Crippen LogP contribution >= 0.6 is 39.0 Å². The van der Waals surface area contributed by atoms with Gasteiger partial charge in [0.1, 0.15) is 4.90 Å². The molecule has 8 heteroatoms. The number of hydrogen-bond donors (Lipinski definition) is 2. The van der Waals surface area contributed by atoms with Crippen molar-refractivity contribution in [1.82, 2.24) is 10.0 Å². The Balaban J connectivity index is 2.06. The Bertz CT molecular complexity index is 577. The Hall–Kier alpha value is 0.400. The van der Waals surface area contributed by atoms with E-state index in [1.165, 1.54) is 17.8 Å². The molecule has 1 aromatic rings. The van der Waals surface area contributed by atoms with Crippen molar-refractivity contribution in [1.29, 1.82) is 0 Å². The van der Waals surface area contributed by atoms with Gasteiger partial charge in [0.25, 0.3) is 0 Å². The Morgan fingerprint density at radius 1 is 1.48 bits per heavy atom. The lowest BCUT2D eigenvalue weighted by Crippen LogP contribution is -2.45. The molecule has 1 fully saturated rings. The van der Waals surface area contributed by atoms with E-state index in [4.69, 9.17) is 0 Å². The molecule has 2 N–H and O–H groups in total. The van der Waals surface area contributed by atoms with E-state index in [1.54, 1.807) is 17.8 Å². The first-order valence-corrected chi connectivity index (χ1v) is 11.3. The zero-order chi connectivity index (χ0) is 15.5. The average molecular weight is 413 g/mol. The molecule has 0 saturated heterocycles. The highest BCUT2D eigenvalue weighted by Gasteiger charge is 2.37. The molecule has 0 spiro atoms. The summed E-state index contributed by atoms with van der Waals surface area (Å²) in [5.74, 6) is 0. The highest BCUT2D eigenvalue weighted by atomic mass is 79.9.